The Morgan fingerprint density at radius 2 is 2.03 bits per heavy atom. The Morgan fingerprint density at radius 3 is 2.74 bits per heavy atom. The predicted molar refractivity (Wildman–Crippen MR) is 133 cm³/mol. The van der Waals surface area contributed by atoms with Crippen molar-refractivity contribution in [2.45, 2.75) is 24.8 Å². The van der Waals surface area contributed by atoms with Gasteiger partial charge in [-0.15, -0.1) is 24.2 Å². The minimum atomic E-state index is 0. The van der Waals surface area contributed by atoms with Crippen molar-refractivity contribution in [1.29, 1.82) is 0 Å². The van der Waals surface area contributed by atoms with Gasteiger partial charge in [0.1, 0.15) is 0 Å². The van der Waals surface area contributed by atoms with Crippen molar-refractivity contribution < 1.29 is 4.79 Å². The summed E-state index contributed by atoms with van der Waals surface area (Å²) in [6.45, 7) is 3.39. The number of thiazole rings is 1. The Labute approximate surface area is 200 Å². The molecule has 0 atom stereocenters. The fraction of sp³-hybridized carbons (Fsp3) is 0.227. The summed E-state index contributed by atoms with van der Waals surface area (Å²) in [5.74, 6) is 0.403. The monoisotopic (exact) mass is 492 g/mol. The molecular formula is C22H22Cl2N4OS2. The molecule has 0 saturated carbocycles. The van der Waals surface area contributed by atoms with Gasteiger partial charge in [-0.1, -0.05) is 47.2 Å². The Hall–Kier alpha value is -2.06. The van der Waals surface area contributed by atoms with Crippen LogP contribution in [-0.2, 0) is 11.3 Å². The van der Waals surface area contributed by atoms with E-state index in [-0.39, 0.29) is 18.3 Å². The molecule has 31 heavy (non-hydrogen) atoms. The van der Waals surface area contributed by atoms with Crippen molar-refractivity contribution in [1.82, 2.24) is 14.5 Å². The number of aryl methyl sites for hydroxylation is 2. The molecule has 0 aliphatic heterocycles. The summed E-state index contributed by atoms with van der Waals surface area (Å²) >= 11 is 9.41. The Bertz CT molecular complexity index is 1090. The molecule has 0 unspecified atom stereocenters. The molecule has 0 aliphatic rings. The van der Waals surface area contributed by atoms with Crippen molar-refractivity contribution in [2.24, 2.45) is 0 Å². The molecule has 0 saturated heterocycles. The van der Waals surface area contributed by atoms with Crippen LogP contribution >= 0.6 is 47.1 Å². The van der Waals surface area contributed by atoms with Gasteiger partial charge in [0.2, 0.25) is 5.91 Å². The second-order valence-corrected chi connectivity index (χ2v) is 9.27. The van der Waals surface area contributed by atoms with Crippen LogP contribution in [0.5, 0.6) is 0 Å². The lowest BCUT2D eigenvalue weighted by atomic mass is 10.2. The van der Waals surface area contributed by atoms with Crippen LogP contribution in [0.15, 0.2) is 66.1 Å². The number of hydrogen-bond donors (Lipinski definition) is 0. The lowest BCUT2D eigenvalue weighted by Gasteiger charge is -2.20. The van der Waals surface area contributed by atoms with Crippen LogP contribution in [0.1, 0.15) is 12.0 Å². The van der Waals surface area contributed by atoms with E-state index in [9.17, 15) is 4.79 Å². The number of carbonyl (C=O) groups excluding carboxylic acids is 1. The fourth-order valence-electron chi connectivity index (χ4n) is 3.10. The summed E-state index contributed by atoms with van der Waals surface area (Å²) in [5.41, 5.74) is 1.92. The zero-order valence-electron chi connectivity index (χ0n) is 16.9. The maximum atomic E-state index is 13.2. The number of halogens is 2. The summed E-state index contributed by atoms with van der Waals surface area (Å²) in [6.07, 6.45) is 6.29. The van der Waals surface area contributed by atoms with Crippen molar-refractivity contribution in [3.8, 4) is 0 Å². The molecule has 0 radical (unpaired) electrons. The highest BCUT2D eigenvalue weighted by atomic mass is 35.5. The van der Waals surface area contributed by atoms with Gasteiger partial charge in [0, 0.05) is 30.4 Å². The van der Waals surface area contributed by atoms with E-state index in [2.05, 4.69) is 4.98 Å². The summed E-state index contributed by atoms with van der Waals surface area (Å²) in [7, 11) is 0. The molecule has 5 nitrogen and oxygen atoms in total. The number of aromatic nitrogens is 3. The highest BCUT2D eigenvalue weighted by Gasteiger charge is 2.21. The van der Waals surface area contributed by atoms with Crippen LogP contribution in [0.2, 0.25) is 5.02 Å². The van der Waals surface area contributed by atoms with Gasteiger partial charge >= 0.3 is 0 Å². The zero-order valence-corrected chi connectivity index (χ0v) is 20.1. The molecule has 1 amide bonds. The van der Waals surface area contributed by atoms with Crippen LogP contribution in [0.3, 0.4) is 0 Å². The van der Waals surface area contributed by atoms with E-state index in [1.54, 1.807) is 29.2 Å². The van der Waals surface area contributed by atoms with Crippen LogP contribution < -0.4 is 4.90 Å². The van der Waals surface area contributed by atoms with Gasteiger partial charge in [-0.25, -0.2) is 9.97 Å². The minimum absolute atomic E-state index is 0. The number of hydrogen-bond acceptors (Lipinski definition) is 5. The van der Waals surface area contributed by atoms with Gasteiger partial charge in [-0.2, -0.15) is 0 Å². The standard InChI is InChI=1S/C22H21ClN4OS2.ClH/c1-16-8-9-18(23)21-20(16)25-22(30-21)27(12-5-11-26-13-10-24-15-26)19(28)14-29-17-6-3-2-4-7-17;/h2-4,6-10,13,15H,5,11-12,14H2,1H3;1H. The molecule has 4 rings (SSSR count). The minimum Gasteiger partial charge on any atom is -0.337 e. The molecule has 0 aliphatic carbocycles. The Balaban J connectivity index is 0.00000272. The lowest BCUT2D eigenvalue weighted by molar-refractivity contribution is -0.116. The quantitative estimate of drug-likeness (QED) is 0.279. The van der Waals surface area contributed by atoms with Crippen molar-refractivity contribution in [2.75, 3.05) is 17.2 Å². The molecule has 162 valence electrons. The number of fused-ring (bicyclic) bond motifs is 1. The second kappa shape index (κ2) is 11.0. The van der Waals surface area contributed by atoms with E-state index in [1.165, 1.54) is 11.3 Å². The zero-order chi connectivity index (χ0) is 20.9. The van der Waals surface area contributed by atoms with Crippen molar-refractivity contribution >= 4 is 68.4 Å². The van der Waals surface area contributed by atoms with Crippen molar-refractivity contribution in [3.05, 3.63) is 71.8 Å². The number of rotatable bonds is 8. The third-order valence-corrected chi connectivity index (χ3v) is 7.22. The smallest absolute Gasteiger partial charge is 0.239 e. The molecule has 0 N–H and O–H groups in total. The fourth-order valence-corrected chi connectivity index (χ4v) is 5.26. The lowest BCUT2D eigenvalue weighted by Crippen LogP contribution is -2.33. The van der Waals surface area contributed by atoms with E-state index in [1.807, 2.05) is 60.2 Å². The first kappa shape index (κ1) is 23.6. The maximum absolute atomic E-state index is 13.2. The number of nitrogens with zero attached hydrogens (tertiary/aromatic N) is 4. The topological polar surface area (TPSA) is 51.0 Å². The first-order chi connectivity index (χ1) is 14.6. The average Bonchev–Trinajstić information content (AvgIpc) is 3.44. The largest absolute Gasteiger partial charge is 0.337 e. The van der Waals surface area contributed by atoms with Gasteiger partial charge in [-0.3, -0.25) is 9.69 Å². The summed E-state index contributed by atoms with van der Waals surface area (Å²) in [4.78, 5) is 24.9. The number of imidazole rings is 1. The van der Waals surface area contributed by atoms with E-state index >= 15 is 0 Å². The number of anilines is 1. The Morgan fingerprint density at radius 1 is 1.23 bits per heavy atom. The number of amides is 1. The second-order valence-electron chi connectivity index (χ2n) is 6.84. The summed E-state index contributed by atoms with van der Waals surface area (Å²) < 4.78 is 2.94. The van der Waals surface area contributed by atoms with Gasteiger partial charge in [0.15, 0.2) is 5.13 Å². The van der Waals surface area contributed by atoms with E-state index in [4.69, 9.17) is 16.6 Å². The SMILES string of the molecule is Cc1ccc(Cl)c2sc(N(CCCn3ccnc3)C(=O)CSc3ccccc3)nc12.Cl. The Kier molecular flexibility index (Phi) is 8.37. The molecular weight excluding hydrogens is 471 g/mol. The highest BCUT2D eigenvalue weighted by Crippen LogP contribution is 2.36. The molecule has 4 aromatic rings. The van der Waals surface area contributed by atoms with Crippen LogP contribution in [0.4, 0.5) is 5.13 Å². The van der Waals surface area contributed by atoms with E-state index < -0.39 is 0 Å². The first-order valence-corrected chi connectivity index (χ1v) is 11.8. The molecule has 0 bridgehead atoms. The molecule has 2 aromatic carbocycles. The number of carbonyl (C=O) groups is 1. The van der Waals surface area contributed by atoms with Gasteiger partial charge < -0.3 is 4.57 Å². The average molecular weight is 493 g/mol. The molecule has 0 fully saturated rings. The van der Waals surface area contributed by atoms with Gasteiger partial charge in [-0.05, 0) is 37.1 Å². The maximum Gasteiger partial charge on any atom is 0.239 e. The molecule has 2 heterocycles. The third-order valence-electron chi connectivity index (χ3n) is 4.68. The third kappa shape index (κ3) is 5.80. The molecule has 0 spiro atoms. The first-order valence-electron chi connectivity index (χ1n) is 9.61. The van der Waals surface area contributed by atoms with Crippen LogP contribution in [-0.4, -0.2) is 32.7 Å². The number of thioether (sulfide) groups is 1. The summed E-state index contributed by atoms with van der Waals surface area (Å²) in [5, 5.41) is 1.37. The van der Waals surface area contributed by atoms with E-state index in [0.29, 0.717) is 22.5 Å². The summed E-state index contributed by atoms with van der Waals surface area (Å²) in [6, 6.07) is 13.8. The normalized spacial score (nSPS) is 10.8. The van der Waals surface area contributed by atoms with Crippen LogP contribution in [0.25, 0.3) is 10.2 Å². The predicted octanol–water partition coefficient (Wildman–Crippen LogP) is 6.09. The molecule has 2 aromatic heterocycles. The number of benzene rings is 2. The van der Waals surface area contributed by atoms with Gasteiger partial charge in [0.05, 0.1) is 27.3 Å². The highest BCUT2D eigenvalue weighted by molar-refractivity contribution is 8.00. The van der Waals surface area contributed by atoms with Crippen molar-refractivity contribution in [3.63, 3.8) is 0 Å². The van der Waals surface area contributed by atoms with Crippen LogP contribution in [0, 0.1) is 6.92 Å². The van der Waals surface area contributed by atoms with Gasteiger partial charge in [0.25, 0.3) is 0 Å². The van der Waals surface area contributed by atoms with E-state index in [0.717, 1.165) is 33.6 Å². The molecule has 9 heteroatoms.